The van der Waals surface area contributed by atoms with Crippen LogP contribution in [-0.2, 0) is 48.1 Å². The lowest BCUT2D eigenvalue weighted by Crippen LogP contribution is -2.29. The molecule has 198 valence electrons. The van der Waals surface area contributed by atoms with Crippen LogP contribution in [0.15, 0.2) is 42.6 Å². The number of hydrogen-bond donors (Lipinski definition) is 0. The molecule has 0 aliphatic carbocycles. The highest BCUT2D eigenvalue weighted by Gasteiger charge is 2.24. The molecule has 2 amide bonds. The van der Waals surface area contributed by atoms with Crippen LogP contribution in [0.1, 0.15) is 24.1 Å². The van der Waals surface area contributed by atoms with Gasteiger partial charge < -0.3 is 14.2 Å². The summed E-state index contributed by atoms with van der Waals surface area (Å²) in [6, 6.07) is 5.99. The second-order valence-corrected chi connectivity index (χ2v) is 8.15. The van der Waals surface area contributed by atoms with Gasteiger partial charge in [0.1, 0.15) is 11.5 Å². The number of rotatable bonds is 18. The van der Waals surface area contributed by atoms with Gasteiger partial charge in [0, 0.05) is 43.7 Å². The summed E-state index contributed by atoms with van der Waals surface area (Å²) in [4.78, 5) is 46.5. The predicted molar refractivity (Wildman–Crippen MR) is 128 cm³/mol. The molecule has 1 aromatic heterocycles. The second-order valence-electron chi connectivity index (χ2n) is 8.15. The average molecular weight is 516 g/mol. The Morgan fingerprint density at radius 3 is 2.19 bits per heavy atom. The molecule has 0 atom stereocenters. The van der Waals surface area contributed by atoms with Crippen molar-refractivity contribution in [2.75, 3.05) is 39.6 Å². The quantitative estimate of drug-likeness (QED) is 0.122. The molecule has 3 rings (SSSR count). The number of benzene rings is 1. The van der Waals surface area contributed by atoms with Gasteiger partial charge in [-0.15, -0.1) is 5.10 Å². The number of imide groups is 1. The summed E-state index contributed by atoms with van der Waals surface area (Å²) >= 11 is 0. The van der Waals surface area contributed by atoms with Crippen molar-refractivity contribution in [1.82, 2.24) is 19.9 Å². The molecular formula is C24H29N5O8. The molecule has 0 radical (unpaired) electrons. The first-order valence-electron chi connectivity index (χ1n) is 11.8. The summed E-state index contributed by atoms with van der Waals surface area (Å²) in [6.07, 6.45) is 5.35. The van der Waals surface area contributed by atoms with Crippen LogP contribution in [0, 0.1) is 10.1 Å². The van der Waals surface area contributed by atoms with Crippen molar-refractivity contribution >= 4 is 23.3 Å². The SMILES string of the molecule is O=C(CCCOCCOCCOCCn1cc(CN2C(=O)C=CC2=O)nn1)Cc1ccc([N+](=O)[O-])cc1. The number of ketones is 1. The zero-order chi connectivity index (χ0) is 26.5. The van der Waals surface area contributed by atoms with Crippen molar-refractivity contribution in [3.8, 4) is 0 Å². The summed E-state index contributed by atoms with van der Waals surface area (Å²) in [6.45, 7) is 3.04. The maximum atomic E-state index is 12.0. The highest BCUT2D eigenvalue weighted by molar-refractivity contribution is 6.12. The molecule has 37 heavy (non-hydrogen) atoms. The lowest BCUT2D eigenvalue weighted by molar-refractivity contribution is -0.384. The molecule has 0 unspecified atom stereocenters. The smallest absolute Gasteiger partial charge is 0.269 e. The van der Waals surface area contributed by atoms with Gasteiger partial charge in [0.2, 0.25) is 0 Å². The number of hydrogen-bond acceptors (Lipinski definition) is 10. The minimum atomic E-state index is -0.470. The molecule has 1 aromatic carbocycles. The standard InChI is InChI=1S/C24H29N5O8/c30-22(16-19-3-5-21(6-4-19)29(33)34)2-1-10-35-12-14-37-15-13-36-11-9-27-17-20(25-26-27)18-28-23(31)7-8-24(28)32/h3-8,17H,1-2,9-16,18H2. The largest absolute Gasteiger partial charge is 0.379 e. The van der Waals surface area contributed by atoms with Crippen LogP contribution in [0.2, 0.25) is 0 Å². The van der Waals surface area contributed by atoms with Crippen molar-refractivity contribution in [2.45, 2.75) is 32.4 Å². The fourth-order valence-electron chi connectivity index (χ4n) is 3.39. The molecule has 0 saturated heterocycles. The van der Waals surface area contributed by atoms with Gasteiger partial charge >= 0.3 is 0 Å². The highest BCUT2D eigenvalue weighted by atomic mass is 16.6. The van der Waals surface area contributed by atoms with E-state index in [1.165, 1.54) is 24.3 Å². The van der Waals surface area contributed by atoms with Crippen molar-refractivity contribution in [2.24, 2.45) is 0 Å². The van der Waals surface area contributed by atoms with Gasteiger partial charge in [-0.25, -0.2) is 4.68 Å². The summed E-state index contributed by atoms with van der Waals surface area (Å²) in [5.74, 6) is -0.664. The number of non-ortho nitro benzene ring substituents is 1. The molecule has 13 heteroatoms. The number of nitro benzene ring substituents is 1. The Hall–Kier alpha value is -3.81. The molecule has 0 spiro atoms. The van der Waals surface area contributed by atoms with E-state index in [0.29, 0.717) is 64.7 Å². The maximum absolute atomic E-state index is 12.0. The molecule has 1 aliphatic rings. The minimum absolute atomic E-state index is 0.00564. The van der Waals surface area contributed by atoms with E-state index in [2.05, 4.69) is 10.3 Å². The fourth-order valence-corrected chi connectivity index (χ4v) is 3.39. The van der Waals surface area contributed by atoms with Crippen LogP contribution >= 0.6 is 0 Å². The third kappa shape index (κ3) is 9.63. The van der Waals surface area contributed by atoms with Crippen LogP contribution < -0.4 is 0 Å². The molecule has 1 aliphatic heterocycles. The van der Waals surface area contributed by atoms with Gasteiger partial charge in [-0.3, -0.25) is 29.4 Å². The lowest BCUT2D eigenvalue weighted by Gasteiger charge is -2.10. The number of nitro groups is 1. The van der Waals surface area contributed by atoms with Crippen LogP contribution in [0.4, 0.5) is 5.69 Å². The number of aromatic nitrogens is 3. The zero-order valence-corrected chi connectivity index (χ0v) is 20.3. The summed E-state index contributed by atoms with van der Waals surface area (Å²) in [5, 5.41) is 18.6. The van der Waals surface area contributed by atoms with Crippen LogP contribution in [-0.4, -0.2) is 82.1 Å². The summed E-state index contributed by atoms with van der Waals surface area (Å²) in [5.41, 5.74) is 1.28. The first-order chi connectivity index (χ1) is 17.9. The molecule has 0 N–H and O–H groups in total. The third-order valence-electron chi connectivity index (χ3n) is 5.31. The van der Waals surface area contributed by atoms with Crippen molar-refractivity contribution in [1.29, 1.82) is 0 Å². The molecule has 2 heterocycles. The predicted octanol–water partition coefficient (Wildman–Crippen LogP) is 1.25. The Morgan fingerprint density at radius 2 is 1.54 bits per heavy atom. The average Bonchev–Trinajstić information content (AvgIpc) is 3.46. The van der Waals surface area contributed by atoms with Crippen LogP contribution in [0.3, 0.4) is 0 Å². The molecule has 0 saturated carbocycles. The van der Waals surface area contributed by atoms with Crippen LogP contribution in [0.25, 0.3) is 0 Å². The van der Waals surface area contributed by atoms with E-state index in [-0.39, 0.29) is 36.3 Å². The number of Topliss-reactive ketones (excluding diaryl/α,β-unsaturated/α-hetero) is 1. The Morgan fingerprint density at radius 1 is 0.919 bits per heavy atom. The summed E-state index contributed by atoms with van der Waals surface area (Å²) in [7, 11) is 0. The van der Waals surface area contributed by atoms with Crippen LogP contribution in [0.5, 0.6) is 0 Å². The number of carbonyl (C=O) groups excluding carboxylic acids is 3. The van der Waals surface area contributed by atoms with E-state index in [4.69, 9.17) is 14.2 Å². The number of carbonyl (C=O) groups is 3. The van der Waals surface area contributed by atoms with E-state index < -0.39 is 4.92 Å². The zero-order valence-electron chi connectivity index (χ0n) is 20.3. The lowest BCUT2D eigenvalue weighted by atomic mass is 10.1. The molecule has 2 aromatic rings. The first kappa shape index (κ1) is 27.8. The number of ether oxygens (including phenoxy) is 3. The van der Waals surface area contributed by atoms with Gasteiger partial charge in [-0.1, -0.05) is 17.3 Å². The highest BCUT2D eigenvalue weighted by Crippen LogP contribution is 2.13. The Kier molecular flexibility index (Phi) is 11.0. The van der Waals surface area contributed by atoms with Crippen molar-refractivity contribution in [3.05, 3.63) is 64.0 Å². The first-order valence-corrected chi connectivity index (χ1v) is 11.8. The van der Waals surface area contributed by atoms with Crippen molar-refractivity contribution in [3.63, 3.8) is 0 Å². The van der Waals surface area contributed by atoms with Gasteiger partial charge in [0.05, 0.1) is 57.2 Å². The van der Waals surface area contributed by atoms with Gasteiger partial charge in [-0.2, -0.15) is 0 Å². The Bertz CT molecular complexity index is 1080. The second kappa shape index (κ2) is 14.7. The van der Waals surface area contributed by atoms with E-state index in [9.17, 15) is 24.5 Å². The minimum Gasteiger partial charge on any atom is -0.379 e. The molecule has 0 fully saturated rings. The van der Waals surface area contributed by atoms with E-state index in [1.807, 2.05) is 0 Å². The van der Waals surface area contributed by atoms with Gasteiger partial charge in [0.15, 0.2) is 0 Å². The normalized spacial score (nSPS) is 13.0. The molecular weight excluding hydrogens is 486 g/mol. The fraction of sp³-hybridized carbons (Fsp3) is 0.458. The van der Waals surface area contributed by atoms with Crippen molar-refractivity contribution < 1.29 is 33.5 Å². The maximum Gasteiger partial charge on any atom is 0.269 e. The monoisotopic (exact) mass is 515 g/mol. The van der Waals surface area contributed by atoms with E-state index in [0.717, 1.165) is 10.5 Å². The van der Waals surface area contributed by atoms with E-state index in [1.54, 1.807) is 23.0 Å². The summed E-state index contributed by atoms with van der Waals surface area (Å²) < 4.78 is 18.0. The van der Waals surface area contributed by atoms with Gasteiger partial charge in [-0.05, 0) is 12.0 Å². The number of amides is 2. The number of nitrogens with zero attached hydrogens (tertiary/aromatic N) is 5. The Balaban J connectivity index is 1.12. The molecule has 13 nitrogen and oxygen atoms in total. The Labute approximate surface area is 213 Å². The third-order valence-corrected chi connectivity index (χ3v) is 5.31. The van der Waals surface area contributed by atoms with E-state index >= 15 is 0 Å². The topological polar surface area (TPSA) is 156 Å². The van der Waals surface area contributed by atoms with Gasteiger partial charge in [0.25, 0.3) is 17.5 Å². The molecule has 0 bridgehead atoms.